The molecule has 9 nitrogen and oxygen atoms in total. The van der Waals surface area contributed by atoms with Crippen molar-refractivity contribution in [2.75, 3.05) is 12.8 Å². The smallest absolute Gasteiger partial charge is 0.342 e. The van der Waals surface area contributed by atoms with Gasteiger partial charge >= 0.3 is 11.9 Å². The van der Waals surface area contributed by atoms with Crippen molar-refractivity contribution in [1.82, 2.24) is 9.88 Å². The first-order valence-electron chi connectivity index (χ1n) is 9.44. The van der Waals surface area contributed by atoms with Crippen LogP contribution in [0.15, 0.2) is 23.0 Å². The molecule has 0 bridgehead atoms. The number of aromatic nitrogens is 1. The summed E-state index contributed by atoms with van der Waals surface area (Å²) in [6, 6.07) is 5.22. The first-order valence-corrected chi connectivity index (χ1v) is 9.44. The van der Waals surface area contributed by atoms with Gasteiger partial charge < -0.3 is 25.7 Å². The number of carbonyl (C=O) groups is 2. The number of nitrogens with two attached hydrogens (primary N) is 1. The largest absolute Gasteiger partial charge is 0.496 e. The van der Waals surface area contributed by atoms with Crippen molar-refractivity contribution in [3.63, 3.8) is 0 Å². The Hall–Kier alpha value is -3.33. The summed E-state index contributed by atoms with van der Waals surface area (Å²) in [5.74, 6) is -2.82. The number of carboxylic acid groups (broad SMARTS) is 2. The van der Waals surface area contributed by atoms with Crippen LogP contribution in [0.4, 0.5) is 5.82 Å². The van der Waals surface area contributed by atoms with Gasteiger partial charge in [-0.2, -0.15) is 0 Å². The van der Waals surface area contributed by atoms with E-state index >= 15 is 0 Å². The van der Waals surface area contributed by atoms with E-state index in [1.54, 1.807) is 12.1 Å². The number of nitrogens with one attached hydrogen (secondary N) is 1. The molecule has 1 aromatic carbocycles. The second-order valence-corrected chi connectivity index (χ2v) is 7.49. The molecule has 0 aliphatic heterocycles. The molecule has 0 unspecified atom stereocenters. The summed E-state index contributed by atoms with van der Waals surface area (Å²) in [7, 11) is 1.52. The van der Waals surface area contributed by atoms with E-state index in [1.807, 2.05) is 0 Å². The Balaban J connectivity index is 2.81. The molecule has 1 aromatic heterocycles. The Labute approximate surface area is 174 Å². The average Bonchev–Trinajstić information content (AvgIpc) is 2.63. The van der Waals surface area contributed by atoms with Crippen molar-refractivity contribution in [2.45, 2.75) is 46.3 Å². The second-order valence-electron chi connectivity index (χ2n) is 7.49. The van der Waals surface area contributed by atoms with E-state index in [-0.39, 0.29) is 23.2 Å². The number of nitrogen functional groups attached to an aromatic ring is 1. The normalized spacial score (nSPS) is 11.3. The molecule has 5 N–H and O–H groups in total. The third-order valence-electron chi connectivity index (χ3n) is 4.92. The Morgan fingerprint density at radius 1 is 1.10 bits per heavy atom. The van der Waals surface area contributed by atoms with Crippen molar-refractivity contribution in [1.29, 1.82) is 0 Å². The molecule has 162 valence electrons. The second kappa shape index (κ2) is 9.00. The monoisotopic (exact) mass is 417 g/mol. The number of ether oxygens (including phenoxy) is 1. The highest BCUT2D eigenvalue weighted by molar-refractivity contribution is 6.07. The molecule has 0 aliphatic carbocycles. The van der Waals surface area contributed by atoms with E-state index < -0.39 is 34.4 Å². The molecule has 0 saturated heterocycles. The maximum Gasteiger partial charge on any atom is 0.342 e. The first kappa shape index (κ1) is 23.0. The summed E-state index contributed by atoms with van der Waals surface area (Å²) in [5, 5.41) is 19.2. The lowest BCUT2D eigenvalue weighted by Crippen LogP contribution is -2.36. The van der Waals surface area contributed by atoms with Gasteiger partial charge in [0.2, 0.25) is 0 Å². The van der Waals surface area contributed by atoms with Gasteiger partial charge in [-0.3, -0.25) is 9.69 Å². The van der Waals surface area contributed by atoms with Gasteiger partial charge in [0.05, 0.1) is 7.11 Å². The molecule has 0 atom stereocenters. The number of aromatic carboxylic acids is 2. The number of hydrogen-bond donors (Lipinski definition) is 4. The number of rotatable bonds is 8. The average molecular weight is 417 g/mol. The summed E-state index contributed by atoms with van der Waals surface area (Å²) in [4.78, 5) is 40.2. The highest BCUT2D eigenvalue weighted by Crippen LogP contribution is 2.33. The van der Waals surface area contributed by atoms with Crippen LogP contribution in [-0.4, -0.2) is 51.2 Å². The highest BCUT2D eigenvalue weighted by atomic mass is 16.5. The van der Waals surface area contributed by atoms with Crippen LogP contribution < -0.4 is 16.0 Å². The molecule has 30 heavy (non-hydrogen) atoms. The fraction of sp³-hybridized carbons (Fsp3) is 0.381. The Kier molecular flexibility index (Phi) is 6.88. The summed E-state index contributed by atoms with van der Waals surface area (Å²) >= 11 is 0. The van der Waals surface area contributed by atoms with Crippen molar-refractivity contribution in [3.05, 3.63) is 45.2 Å². The van der Waals surface area contributed by atoms with Crippen LogP contribution in [-0.2, 0) is 6.54 Å². The number of benzene rings is 1. The van der Waals surface area contributed by atoms with Gasteiger partial charge in [-0.15, -0.1) is 0 Å². The van der Waals surface area contributed by atoms with Crippen LogP contribution in [0.5, 0.6) is 5.75 Å². The van der Waals surface area contributed by atoms with Gasteiger partial charge in [-0.25, -0.2) is 9.59 Å². The van der Waals surface area contributed by atoms with Crippen molar-refractivity contribution in [3.8, 4) is 16.9 Å². The zero-order valence-corrected chi connectivity index (χ0v) is 17.6. The van der Waals surface area contributed by atoms with Crippen molar-refractivity contribution >= 4 is 17.8 Å². The van der Waals surface area contributed by atoms with Gasteiger partial charge in [-0.1, -0.05) is 6.07 Å². The number of pyridine rings is 1. The van der Waals surface area contributed by atoms with E-state index in [2.05, 4.69) is 37.6 Å². The molecular weight excluding hydrogens is 390 g/mol. The summed E-state index contributed by atoms with van der Waals surface area (Å²) in [6.07, 6.45) is 0. The van der Waals surface area contributed by atoms with Gasteiger partial charge in [0, 0.05) is 29.8 Å². The zero-order chi connectivity index (χ0) is 22.7. The van der Waals surface area contributed by atoms with Crippen LogP contribution in [0.25, 0.3) is 11.1 Å². The first-order chi connectivity index (χ1) is 14.0. The molecule has 0 spiro atoms. The van der Waals surface area contributed by atoms with E-state index in [1.165, 1.54) is 13.2 Å². The zero-order valence-electron chi connectivity index (χ0n) is 17.6. The molecule has 2 aromatic rings. The third-order valence-corrected chi connectivity index (χ3v) is 4.92. The standard InChI is InChI=1S/C21H27N3O6/c1-10(2)24(11(3)4)9-13-8-12(6-7-14(13)30-5)15-16(20(26)27)18(22)23-19(25)17(15)21(28)29/h6-8,10-11H,9H2,1-5H3,(H,26,27)(H,28,29)(H3,22,23,25). The molecule has 0 saturated carbocycles. The predicted molar refractivity (Wildman–Crippen MR) is 113 cm³/mol. The molecule has 2 rings (SSSR count). The van der Waals surface area contributed by atoms with E-state index in [9.17, 15) is 24.6 Å². The molecule has 0 amide bonds. The van der Waals surface area contributed by atoms with Gasteiger partial charge in [0.25, 0.3) is 5.56 Å². The maximum absolute atomic E-state index is 12.3. The number of hydrogen-bond acceptors (Lipinski definition) is 6. The van der Waals surface area contributed by atoms with Crippen LogP contribution >= 0.6 is 0 Å². The quantitative estimate of drug-likeness (QED) is 0.513. The van der Waals surface area contributed by atoms with Gasteiger partial charge in [-0.05, 0) is 45.4 Å². The van der Waals surface area contributed by atoms with E-state index in [4.69, 9.17) is 10.5 Å². The number of methoxy groups -OCH3 is 1. The molecule has 9 heteroatoms. The minimum absolute atomic E-state index is 0.220. The number of aromatic amines is 1. The van der Waals surface area contributed by atoms with Crippen LogP contribution in [0, 0.1) is 0 Å². The van der Waals surface area contributed by atoms with Crippen LogP contribution in [0.2, 0.25) is 0 Å². The summed E-state index contributed by atoms with van der Waals surface area (Å²) in [6.45, 7) is 8.70. The number of H-pyrrole nitrogens is 1. The summed E-state index contributed by atoms with van der Waals surface area (Å²) < 4.78 is 5.45. The highest BCUT2D eigenvalue weighted by Gasteiger charge is 2.27. The Bertz CT molecular complexity index is 1020. The number of carboxylic acids is 2. The predicted octanol–water partition coefficient (Wildman–Crippen LogP) is 2.65. The van der Waals surface area contributed by atoms with Crippen molar-refractivity contribution in [2.24, 2.45) is 0 Å². The van der Waals surface area contributed by atoms with Gasteiger partial charge in [0.15, 0.2) is 0 Å². The van der Waals surface area contributed by atoms with Crippen LogP contribution in [0.1, 0.15) is 54.0 Å². The Morgan fingerprint density at radius 2 is 1.67 bits per heavy atom. The lowest BCUT2D eigenvalue weighted by Gasteiger charge is -2.31. The molecule has 0 aliphatic rings. The maximum atomic E-state index is 12.3. The lowest BCUT2D eigenvalue weighted by molar-refractivity contribution is 0.0695. The fourth-order valence-corrected chi connectivity index (χ4v) is 3.55. The number of anilines is 1. The minimum atomic E-state index is -1.54. The van der Waals surface area contributed by atoms with Crippen molar-refractivity contribution < 1.29 is 24.5 Å². The lowest BCUT2D eigenvalue weighted by atomic mass is 9.93. The minimum Gasteiger partial charge on any atom is -0.496 e. The molecular formula is C21H27N3O6. The SMILES string of the molecule is COc1ccc(-c2c(C(=O)O)c(N)[nH]c(=O)c2C(=O)O)cc1CN(C(C)C)C(C)C. The number of nitrogens with zero attached hydrogens (tertiary/aromatic N) is 1. The van der Waals surface area contributed by atoms with Gasteiger partial charge in [0.1, 0.15) is 22.7 Å². The molecule has 0 radical (unpaired) electrons. The van der Waals surface area contributed by atoms with E-state index in [0.717, 1.165) is 5.56 Å². The third kappa shape index (κ3) is 4.46. The van der Waals surface area contributed by atoms with Crippen LogP contribution in [0.3, 0.4) is 0 Å². The molecule has 0 fully saturated rings. The topological polar surface area (TPSA) is 146 Å². The fourth-order valence-electron chi connectivity index (χ4n) is 3.55. The molecule has 1 heterocycles. The van der Waals surface area contributed by atoms with E-state index in [0.29, 0.717) is 12.3 Å². The Morgan fingerprint density at radius 3 is 2.13 bits per heavy atom. The summed E-state index contributed by atoms with van der Waals surface area (Å²) in [5.41, 5.74) is 4.35.